The predicted octanol–water partition coefficient (Wildman–Crippen LogP) is 2.76. The number of benzene rings is 2. The molecule has 1 aliphatic heterocycles. The van der Waals surface area contributed by atoms with E-state index in [0.29, 0.717) is 0 Å². The van der Waals surface area contributed by atoms with Crippen LogP contribution < -0.4 is 4.90 Å². The second kappa shape index (κ2) is 7.17. The van der Waals surface area contributed by atoms with Crippen molar-refractivity contribution in [2.75, 3.05) is 26.2 Å². The van der Waals surface area contributed by atoms with Crippen molar-refractivity contribution >= 4 is 16.7 Å². The smallest absolute Gasteiger partial charge is 0.254 e. The molecule has 0 aromatic heterocycles. The molecule has 1 N–H and O–H groups in total. The summed E-state index contributed by atoms with van der Waals surface area (Å²) in [6, 6.07) is 15.1. The maximum Gasteiger partial charge on any atom is 0.254 e. The highest BCUT2D eigenvalue weighted by molar-refractivity contribution is 6.07. The van der Waals surface area contributed by atoms with Gasteiger partial charge >= 0.3 is 0 Å². The molecule has 1 amide bonds. The average Bonchev–Trinajstić information content (AvgIpc) is 2.67. The van der Waals surface area contributed by atoms with Crippen molar-refractivity contribution in [2.45, 2.75) is 38.6 Å². The number of nitrogens with one attached hydrogen (secondary N) is 1. The Kier molecular flexibility index (Phi) is 4.76. The Bertz CT molecular complexity index is 743. The van der Waals surface area contributed by atoms with Crippen LogP contribution in [0.3, 0.4) is 0 Å². The molecule has 0 spiro atoms. The molecule has 1 saturated heterocycles. The van der Waals surface area contributed by atoms with Gasteiger partial charge in [-0.05, 0) is 35.6 Å². The molecule has 0 bridgehead atoms. The Morgan fingerprint density at radius 2 is 1.80 bits per heavy atom. The molecule has 2 aliphatic rings. The number of amides is 1. The zero-order chi connectivity index (χ0) is 17.2. The molecule has 2 aromatic carbocycles. The van der Waals surface area contributed by atoms with E-state index in [1.165, 1.54) is 25.7 Å². The Hall–Kier alpha value is -1.87. The van der Waals surface area contributed by atoms with Crippen molar-refractivity contribution in [2.24, 2.45) is 5.92 Å². The molecule has 0 unspecified atom stereocenters. The summed E-state index contributed by atoms with van der Waals surface area (Å²) in [5.74, 6) is 1.08. The lowest BCUT2D eigenvalue weighted by atomic mass is 9.86. The molecule has 4 rings (SSSR count). The zero-order valence-electron chi connectivity index (χ0n) is 15.2. The second-order valence-corrected chi connectivity index (χ2v) is 7.95. The monoisotopic (exact) mass is 337 g/mol. The standard InChI is InChI=1S/C22H28N2O/c1-17-6-4-9-19(16-17)23-12-14-24(15-13-23)22(25)21-11-5-8-18-7-2-3-10-20(18)21/h2-3,5,7-8,10-11,17,19H,4,6,9,12-16H2,1H3/p+1/t17-,19-/m0/s1. The lowest BCUT2D eigenvalue weighted by Crippen LogP contribution is -3.18. The maximum absolute atomic E-state index is 13.1. The van der Waals surface area contributed by atoms with Gasteiger partial charge in [-0.1, -0.05) is 49.7 Å². The van der Waals surface area contributed by atoms with Crippen LogP contribution in [0.15, 0.2) is 42.5 Å². The molecule has 1 aliphatic carbocycles. The van der Waals surface area contributed by atoms with Crippen molar-refractivity contribution < 1.29 is 9.69 Å². The zero-order valence-corrected chi connectivity index (χ0v) is 15.2. The minimum atomic E-state index is 0.202. The SMILES string of the molecule is C[C@H]1CCC[C@H]([NH+]2CCN(C(=O)c3cccc4ccccc34)CC2)C1. The van der Waals surface area contributed by atoms with Crippen molar-refractivity contribution in [3.05, 3.63) is 48.0 Å². The average molecular weight is 337 g/mol. The van der Waals surface area contributed by atoms with Gasteiger partial charge in [-0.3, -0.25) is 4.79 Å². The number of quaternary nitrogens is 1. The lowest BCUT2D eigenvalue weighted by molar-refractivity contribution is -0.930. The van der Waals surface area contributed by atoms with Gasteiger partial charge < -0.3 is 9.80 Å². The highest BCUT2D eigenvalue weighted by Gasteiger charge is 2.32. The van der Waals surface area contributed by atoms with E-state index >= 15 is 0 Å². The number of fused-ring (bicyclic) bond motifs is 1. The van der Waals surface area contributed by atoms with Gasteiger partial charge in [0.2, 0.25) is 0 Å². The molecule has 1 heterocycles. The van der Waals surface area contributed by atoms with Crippen molar-refractivity contribution in [1.29, 1.82) is 0 Å². The minimum absolute atomic E-state index is 0.202. The van der Waals surface area contributed by atoms with Crippen LogP contribution in [0.25, 0.3) is 10.8 Å². The van der Waals surface area contributed by atoms with Gasteiger partial charge in [-0.15, -0.1) is 0 Å². The summed E-state index contributed by atoms with van der Waals surface area (Å²) < 4.78 is 0. The summed E-state index contributed by atoms with van der Waals surface area (Å²) >= 11 is 0. The van der Waals surface area contributed by atoms with E-state index in [1.54, 1.807) is 4.90 Å². The Labute approximate surface area is 150 Å². The van der Waals surface area contributed by atoms with Gasteiger partial charge in [-0.25, -0.2) is 0 Å². The summed E-state index contributed by atoms with van der Waals surface area (Å²) in [7, 11) is 0. The number of carbonyl (C=O) groups excluding carboxylic acids is 1. The third-order valence-electron chi connectivity index (χ3n) is 6.23. The summed E-state index contributed by atoms with van der Waals surface area (Å²) in [4.78, 5) is 16.9. The molecule has 25 heavy (non-hydrogen) atoms. The minimum Gasteiger partial charge on any atom is -0.330 e. The maximum atomic E-state index is 13.1. The van der Waals surface area contributed by atoms with Crippen LogP contribution >= 0.6 is 0 Å². The highest BCUT2D eigenvalue weighted by Crippen LogP contribution is 2.23. The van der Waals surface area contributed by atoms with E-state index < -0.39 is 0 Å². The number of piperazine rings is 1. The Balaban J connectivity index is 1.44. The molecule has 1 saturated carbocycles. The van der Waals surface area contributed by atoms with Crippen LogP contribution in [-0.4, -0.2) is 43.0 Å². The number of nitrogens with zero attached hydrogens (tertiary/aromatic N) is 1. The lowest BCUT2D eigenvalue weighted by Gasteiger charge is -2.39. The highest BCUT2D eigenvalue weighted by atomic mass is 16.2. The van der Waals surface area contributed by atoms with Crippen molar-refractivity contribution in [3.63, 3.8) is 0 Å². The van der Waals surface area contributed by atoms with Gasteiger partial charge in [-0.2, -0.15) is 0 Å². The first-order chi connectivity index (χ1) is 12.2. The number of carbonyl (C=O) groups is 1. The van der Waals surface area contributed by atoms with E-state index in [0.717, 1.165) is 54.5 Å². The molecule has 2 atom stereocenters. The van der Waals surface area contributed by atoms with Crippen LogP contribution in [-0.2, 0) is 0 Å². The summed E-state index contributed by atoms with van der Waals surface area (Å²) in [6.07, 6.45) is 5.52. The molecular formula is C22H29N2O+. The number of rotatable bonds is 2. The van der Waals surface area contributed by atoms with Crippen LogP contribution in [0.2, 0.25) is 0 Å². The van der Waals surface area contributed by atoms with E-state index in [9.17, 15) is 4.79 Å². The van der Waals surface area contributed by atoms with Crippen LogP contribution in [0.4, 0.5) is 0 Å². The Morgan fingerprint density at radius 3 is 2.60 bits per heavy atom. The number of hydrogen-bond acceptors (Lipinski definition) is 1. The van der Waals surface area contributed by atoms with Crippen molar-refractivity contribution in [3.8, 4) is 0 Å². The fourth-order valence-corrected chi connectivity index (χ4v) is 4.79. The molecule has 0 radical (unpaired) electrons. The molecule has 132 valence electrons. The van der Waals surface area contributed by atoms with Crippen LogP contribution in [0, 0.1) is 5.92 Å². The second-order valence-electron chi connectivity index (χ2n) is 7.95. The van der Waals surface area contributed by atoms with Gasteiger partial charge in [0.05, 0.1) is 32.2 Å². The third kappa shape index (κ3) is 3.43. The first-order valence-corrected chi connectivity index (χ1v) is 9.84. The molecule has 3 heteroatoms. The molecular weight excluding hydrogens is 308 g/mol. The molecule has 2 aromatic rings. The Morgan fingerprint density at radius 1 is 1.04 bits per heavy atom. The molecule has 3 nitrogen and oxygen atoms in total. The fourth-order valence-electron chi connectivity index (χ4n) is 4.79. The molecule has 2 fully saturated rings. The largest absolute Gasteiger partial charge is 0.330 e. The van der Waals surface area contributed by atoms with Gasteiger partial charge in [0, 0.05) is 12.0 Å². The number of hydrogen-bond donors (Lipinski definition) is 1. The third-order valence-corrected chi connectivity index (χ3v) is 6.23. The van der Waals surface area contributed by atoms with Gasteiger partial charge in [0.15, 0.2) is 0 Å². The fraction of sp³-hybridized carbons (Fsp3) is 0.500. The van der Waals surface area contributed by atoms with Crippen LogP contribution in [0.5, 0.6) is 0 Å². The first kappa shape index (κ1) is 16.6. The predicted molar refractivity (Wildman–Crippen MR) is 102 cm³/mol. The van der Waals surface area contributed by atoms with Crippen molar-refractivity contribution in [1.82, 2.24) is 4.90 Å². The van der Waals surface area contributed by atoms with Crippen LogP contribution in [0.1, 0.15) is 43.0 Å². The quantitative estimate of drug-likeness (QED) is 0.895. The normalized spacial score (nSPS) is 25.2. The van der Waals surface area contributed by atoms with E-state index in [2.05, 4.69) is 30.0 Å². The van der Waals surface area contributed by atoms with E-state index in [-0.39, 0.29) is 5.91 Å². The summed E-state index contributed by atoms with van der Waals surface area (Å²) in [5.41, 5.74) is 0.854. The summed E-state index contributed by atoms with van der Waals surface area (Å²) in [6.45, 7) is 6.39. The van der Waals surface area contributed by atoms with E-state index in [4.69, 9.17) is 0 Å². The summed E-state index contributed by atoms with van der Waals surface area (Å²) in [5, 5.41) is 2.22. The van der Waals surface area contributed by atoms with Gasteiger partial charge in [0.25, 0.3) is 5.91 Å². The first-order valence-electron chi connectivity index (χ1n) is 9.84. The van der Waals surface area contributed by atoms with Gasteiger partial charge in [0.1, 0.15) is 0 Å². The van der Waals surface area contributed by atoms with E-state index in [1.807, 2.05) is 24.3 Å². The topological polar surface area (TPSA) is 24.8 Å².